The summed E-state index contributed by atoms with van der Waals surface area (Å²) in [6.07, 6.45) is 4.80. The predicted molar refractivity (Wildman–Crippen MR) is 101 cm³/mol. The van der Waals surface area contributed by atoms with E-state index in [0.717, 1.165) is 22.6 Å². The van der Waals surface area contributed by atoms with Gasteiger partial charge in [0, 0.05) is 29.9 Å². The van der Waals surface area contributed by atoms with Crippen molar-refractivity contribution in [3.05, 3.63) is 65.7 Å². The third-order valence-corrected chi connectivity index (χ3v) is 5.16. The first-order chi connectivity index (χ1) is 13.0. The molecule has 0 bridgehead atoms. The molecule has 0 saturated heterocycles. The molecule has 2 aromatic heterocycles. The first-order valence-electron chi connectivity index (χ1n) is 9.14. The van der Waals surface area contributed by atoms with Crippen LogP contribution >= 0.6 is 0 Å². The molecule has 0 spiro atoms. The van der Waals surface area contributed by atoms with Crippen molar-refractivity contribution in [1.82, 2.24) is 15.1 Å². The average Bonchev–Trinajstić information content (AvgIpc) is 3.26. The lowest BCUT2D eigenvalue weighted by Crippen LogP contribution is -2.41. The zero-order valence-corrected chi connectivity index (χ0v) is 15.4. The third-order valence-electron chi connectivity index (χ3n) is 5.16. The first-order valence-corrected chi connectivity index (χ1v) is 9.14. The Hall–Kier alpha value is -2.86. The van der Waals surface area contributed by atoms with Crippen LogP contribution in [-0.2, 0) is 7.05 Å². The smallest absolute Gasteiger partial charge is 0.251 e. The summed E-state index contributed by atoms with van der Waals surface area (Å²) in [5, 5.41) is 17.0. The number of carbonyl (C=O) groups excluding carboxylic acids is 1. The molecule has 1 aliphatic carbocycles. The maximum absolute atomic E-state index is 12.8. The van der Waals surface area contributed by atoms with Gasteiger partial charge in [-0.15, -0.1) is 0 Å². The molecule has 1 atom stereocenters. The summed E-state index contributed by atoms with van der Waals surface area (Å²) in [5.41, 5.74) is 2.49. The molecule has 4 rings (SSSR count). The van der Waals surface area contributed by atoms with E-state index in [4.69, 9.17) is 4.42 Å². The van der Waals surface area contributed by atoms with Crippen LogP contribution in [0.25, 0.3) is 11.3 Å². The maximum atomic E-state index is 12.8. The van der Waals surface area contributed by atoms with E-state index in [1.54, 1.807) is 23.0 Å². The van der Waals surface area contributed by atoms with Gasteiger partial charge in [0.25, 0.3) is 5.91 Å². The monoisotopic (exact) mass is 365 g/mol. The number of hydrogen-bond donors (Lipinski definition) is 2. The van der Waals surface area contributed by atoms with Gasteiger partial charge in [-0.25, -0.2) is 0 Å². The van der Waals surface area contributed by atoms with Crippen LogP contribution in [0.5, 0.6) is 0 Å². The van der Waals surface area contributed by atoms with Gasteiger partial charge in [0.1, 0.15) is 11.5 Å². The number of aromatic nitrogens is 2. The summed E-state index contributed by atoms with van der Waals surface area (Å²) in [4.78, 5) is 12.8. The summed E-state index contributed by atoms with van der Waals surface area (Å²) in [6, 6.07) is 11.1. The number of furan rings is 1. The zero-order valence-electron chi connectivity index (χ0n) is 15.4. The second kappa shape index (κ2) is 7.04. The van der Waals surface area contributed by atoms with Crippen LogP contribution in [0.15, 0.2) is 53.2 Å². The van der Waals surface area contributed by atoms with E-state index in [9.17, 15) is 9.90 Å². The molecule has 1 fully saturated rings. The highest BCUT2D eigenvalue weighted by atomic mass is 16.3. The van der Waals surface area contributed by atoms with Crippen molar-refractivity contribution in [2.75, 3.05) is 0 Å². The summed E-state index contributed by atoms with van der Waals surface area (Å²) < 4.78 is 7.35. The topological polar surface area (TPSA) is 80.3 Å². The summed E-state index contributed by atoms with van der Waals surface area (Å²) in [5.74, 6) is 1.73. The molecule has 3 aromatic rings. The highest BCUT2D eigenvalue weighted by Crippen LogP contribution is 2.38. The Kier molecular flexibility index (Phi) is 4.58. The second-order valence-corrected chi connectivity index (χ2v) is 7.27. The third kappa shape index (κ3) is 3.66. The van der Waals surface area contributed by atoms with Crippen molar-refractivity contribution in [2.45, 2.75) is 31.9 Å². The molecular formula is C21H23N3O3. The van der Waals surface area contributed by atoms with Crippen LogP contribution in [-0.4, -0.2) is 26.9 Å². The van der Waals surface area contributed by atoms with Crippen LogP contribution in [0.2, 0.25) is 0 Å². The van der Waals surface area contributed by atoms with E-state index < -0.39 is 0 Å². The van der Waals surface area contributed by atoms with Crippen LogP contribution in [0.1, 0.15) is 40.6 Å². The standard InChI is InChI=1S/C21H23N3O3/c1-13-3-8-19(27-13)14-4-6-15(7-5-14)21(26)23-20(16-9-18(25)10-16)17-11-22-24(2)12-17/h3-8,11-12,16,18,20,25H,9-10H2,1-2H3,(H,23,26)/t16?,18?,20-/m1/s1. The molecule has 1 aromatic carbocycles. The molecule has 2 heterocycles. The van der Waals surface area contributed by atoms with E-state index in [1.165, 1.54) is 0 Å². The van der Waals surface area contributed by atoms with E-state index in [1.807, 2.05) is 44.4 Å². The molecule has 0 unspecified atom stereocenters. The lowest BCUT2D eigenvalue weighted by atomic mass is 9.75. The summed E-state index contributed by atoms with van der Waals surface area (Å²) in [7, 11) is 1.85. The Bertz CT molecular complexity index is 936. The lowest BCUT2D eigenvalue weighted by molar-refractivity contribution is 0.0235. The fraction of sp³-hybridized carbons (Fsp3) is 0.333. The van der Waals surface area contributed by atoms with Crippen LogP contribution in [0.4, 0.5) is 0 Å². The van der Waals surface area contributed by atoms with E-state index in [2.05, 4.69) is 10.4 Å². The van der Waals surface area contributed by atoms with Crippen molar-refractivity contribution in [1.29, 1.82) is 0 Å². The molecule has 2 N–H and O–H groups in total. The molecular weight excluding hydrogens is 342 g/mol. The Labute approximate surface area is 157 Å². The fourth-order valence-electron chi connectivity index (χ4n) is 3.58. The molecule has 1 saturated carbocycles. The first kappa shape index (κ1) is 17.5. The van der Waals surface area contributed by atoms with E-state index >= 15 is 0 Å². The van der Waals surface area contributed by atoms with Crippen LogP contribution in [0, 0.1) is 12.8 Å². The minimum Gasteiger partial charge on any atom is -0.461 e. The van der Waals surface area contributed by atoms with Crippen LogP contribution < -0.4 is 5.32 Å². The number of aryl methyl sites for hydroxylation is 2. The number of rotatable bonds is 5. The van der Waals surface area contributed by atoms with Gasteiger partial charge >= 0.3 is 0 Å². The Morgan fingerprint density at radius 1 is 1.26 bits per heavy atom. The lowest BCUT2D eigenvalue weighted by Gasteiger charge is -2.37. The summed E-state index contributed by atoms with van der Waals surface area (Å²) >= 11 is 0. The average molecular weight is 365 g/mol. The SMILES string of the molecule is Cc1ccc(-c2ccc(C(=O)N[C@@H](c3cnn(C)c3)C3CC(O)C3)cc2)o1. The molecule has 27 heavy (non-hydrogen) atoms. The second-order valence-electron chi connectivity index (χ2n) is 7.27. The molecule has 6 heteroatoms. The number of aliphatic hydroxyl groups excluding tert-OH is 1. The molecule has 1 aliphatic rings. The van der Waals surface area contributed by atoms with Crippen molar-refractivity contribution in [3.63, 3.8) is 0 Å². The van der Waals surface area contributed by atoms with Gasteiger partial charge < -0.3 is 14.8 Å². The molecule has 140 valence electrons. The number of amides is 1. The van der Waals surface area contributed by atoms with Crippen molar-refractivity contribution >= 4 is 5.91 Å². The number of nitrogens with zero attached hydrogens (tertiary/aromatic N) is 2. The molecule has 0 aliphatic heterocycles. The zero-order chi connectivity index (χ0) is 19.0. The van der Waals surface area contributed by atoms with Gasteiger partial charge in [0.2, 0.25) is 0 Å². The van der Waals surface area contributed by atoms with Gasteiger partial charge in [-0.2, -0.15) is 5.10 Å². The van der Waals surface area contributed by atoms with Crippen molar-refractivity contribution in [3.8, 4) is 11.3 Å². The normalized spacial score (nSPS) is 20.1. The Morgan fingerprint density at radius 3 is 2.56 bits per heavy atom. The number of carbonyl (C=O) groups is 1. The highest BCUT2D eigenvalue weighted by Gasteiger charge is 2.36. The number of aliphatic hydroxyl groups is 1. The largest absolute Gasteiger partial charge is 0.461 e. The van der Waals surface area contributed by atoms with Gasteiger partial charge in [0.05, 0.1) is 18.3 Å². The van der Waals surface area contributed by atoms with E-state index in [0.29, 0.717) is 18.4 Å². The Morgan fingerprint density at radius 2 is 2.00 bits per heavy atom. The molecule has 1 amide bonds. The van der Waals surface area contributed by atoms with Crippen LogP contribution in [0.3, 0.4) is 0 Å². The molecule has 6 nitrogen and oxygen atoms in total. The number of hydrogen-bond acceptors (Lipinski definition) is 4. The quantitative estimate of drug-likeness (QED) is 0.727. The number of benzene rings is 1. The highest BCUT2D eigenvalue weighted by molar-refractivity contribution is 5.94. The Balaban J connectivity index is 1.50. The molecule has 0 radical (unpaired) electrons. The van der Waals surface area contributed by atoms with Gasteiger partial charge in [-0.3, -0.25) is 9.48 Å². The van der Waals surface area contributed by atoms with Crippen molar-refractivity contribution < 1.29 is 14.3 Å². The predicted octanol–water partition coefficient (Wildman–Crippen LogP) is 3.23. The maximum Gasteiger partial charge on any atom is 0.251 e. The number of nitrogens with one attached hydrogen (secondary N) is 1. The minimum atomic E-state index is -0.276. The van der Waals surface area contributed by atoms with Gasteiger partial charge in [0.15, 0.2) is 0 Å². The summed E-state index contributed by atoms with van der Waals surface area (Å²) in [6.45, 7) is 1.90. The minimum absolute atomic E-state index is 0.132. The van der Waals surface area contributed by atoms with E-state index in [-0.39, 0.29) is 24.0 Å². The van der Waals surface area contributed by atoms with Gasteiger partial charge in [-0.1, -0.05) is 12.1 Å². The van der Waals surface area contributed by atoms with Gasteiger partial charge in [-0.05, 0) is 49.9 Å². The van der Waals surface area contributed by atoms with Crippen molar-refractivity contribution in [2.24, 2.45) is 13.0 Å². The fourth-order valence-corrected chi connectivity index (χ4v) is 3.58.